The average molecular weight is 602 g/mol. The van der Waals surface area contributed by atoms with Gasteiger partial charge in [-0.25, -0.2) is 14.2 Å². The molecule has 0 aliphatic rings. The second-order valence-corrected chi connectivity index (χ2v) is 10.3. The number of benzene rings is 4. The van der Waals surface area contributed by atoms with Crippen LogP contribution >= 0.6 is 23.2 Å². The highest BCUT2D eigenvalue weighted by Gasteiger charge is 2.12. The smallest absolute Gasteiger partial charge is 0.337 e. The summed E-state index contributed by atoms with van der Waals surface area (Å²) in [6, 6.07) is 24.9. The average Bonchev–Trinajstić information content (AvgIpc) is 3.42. The highest BCUT2D eigenvalue weighted by atomic mass is 35.5. The number of aromatic nitrogens is 2. The summed E-state index contributed by atoms with van der Waals surface area (Å²) in [6.45, 7) is 3.03. The summed E-state index contributed by atoms with van der Waals surface area (Å²) in [5.41, 5.74) is 4.88. The first-order chi connectivity index (χ1) is 20.3. The SMILES string of the molecule is CCn1cc(-c2ccc(Cl)cc2Cl)nc1C=Cc1ccc(-c2cccc(OCc3ccc(C(=O)OC)cc3)c2)cc1F. The predicted octanol–water partition coefficient (Wildman–Crippen LogP) is 9.22. The maximum atomic E-state index is 15.2. The normalized spacial score (nSPS) is 11.2. The van der Waals surface area contributed by atoms with Gasteiger partial charge in [0.2, 0.25) is 0 Å². The fourth-order valence-corrected chi connectivity index (χ4v) is 4.94. The lowest BCUT2D eigenvalue weighted by Crippen LogP contribution is -2.02. The van der Waals surface area contributed by atoms with Crippen LogP contribution in [0.4, 0.5) is 4.39 Å². The van der Waals surface area contributed by atoms with Crippen molar-refractivity contribution in [2.24, 2.45) is 0 Å². The number of carbonyl (C=O) groups is 1. The molecule has 0 aliphatic heterocycles. The molecular weight excluding hydrogens is 574 g/mol. The number of imidazole rings is 1. The van der Waals surface area contributed by atoms with E-state index in [0.717, 1.165) is 22.3 Å². The Morgan fingerprint density at radius 1 is 0.952 bits per heavy atom. The Balaban J connectivity index is 1.29. The summed E-state index contributed by atoms with van der Waals surface area (Å²) < 4.78 is 27.8. The lowest BCUT2D eigenvalue weighted by Gasteiger charge is -2.10. The van der Waals surface area contributed by atoms with Crippen molar-refractivity contribution >= 4 is 41.3 Å². The predicted molar refractivity (Wildman–Crippen MR) is 166 cm³/mol. The van der Waals surface area contributed by atoms with Crippen molar-refractivity contribution in [2.45, 2.75) is 20.1 Å². The summed E-state index contributed by atoms with van der Waals surface area (Å²) in [4.78, 5) is 16.3. The number of hydrogen-bond acceptors (Lipinski definition) is 4. The van der Waals surface area contributed by atoms with Gasteiger partial charge in [0.1, 0.15) is 24.0 Å². The van der Waals surface area contributed by atoms with Crippen LogP contribution in [-0.2, 0) is 17.9 Å². The van der Waals surface area contributed by atoms with E-state index in [0.29, 0.717) is 51.6 Å². The molecule has 0 aliphatic carbocycles. The largest absolute Gasteiger partial charge is 0.489 e. The minimum atomic E-state index is -0.384. The molecule has 0 atom stereocenters. The Morgan fingerprint density at radius 3 is 2.45 bits per heavy atom. The standard InChI is InChI=1S/C34H27Cl2FN2O3/c1-3-39-20-32(29-15-14-27(35)19-30(29)36)38-33(39)16-13-23-11-12-26(18-31(23)37)25-5-4-6-28(17-25)42-21-22-7-9-24(10-8-22)34(40)41-2/h4-20H,3,21H2,1-2H3. The molecule has 5 nitrogen and oxygen atoms in total. The van der Waals surface area contributed by atoms with E-state index >= 15 is 4.39 Å². The summed E-state index contributed by atoms with van der Waals surface area (Å²) in [6.07, 6.45) is 5.42. The van der Waals surface area contributed by atoms with Crippen molar-refractivity contribution in [3.63, 3.8) is 0 Å². The lowest BCUT2D eigenvalue weighted by molar-refractivity contribution is 0.0600. The lowest BCUT2D eigenvalue weighted by atomic mass is 10.0. The van der Waals surface area contributed by atoms with Gasteiger partial charge in [-0.05, 0) is 84.3 Å². The highest BCUT2D eigenvalue weighted by molar-refractivity contribution is 6.36. The van der Waals surface area contributed by atoms with Crippen molar-refractivity contribution in [3.8, 4) is 28.1 Å². The molecule has 8 heteroatoms. The van der Waals surface area contributed by atoms with Gasteiger partial charge in [0.15, 0.2) is 0 Å². The van der Waals surface area contributed by atoms with E-state index in [1.165, 1.54) is 13.2 Å². The number of hydrogen-bond donors (Lipinski definition) is 0. The first-order valence-electron chi connectivity index (χ1n) is 13.3. The van der Waals surface area contributed by atoms with E-state index in [1.807, 2.05) is 66.2 Å². The minimum absolute atomic E-state index is 0.322. The molecule has 5 aromatic rings. The van der Waals surface area contributed by atoms with E-state index in [-0.39, 0.29) is 11.8 Å². The molecule has 0 saturated heterocycles. The maximum Gasteiger partial charge on any atom is 0.337 e. The van der Waals surface area contributed by atoms with Gasteiger partial charge < -0.3 is 14.0 Å². The van der Waals surface area contributed by atoms with Gasteiger partial charge >= 0.3 is 5.97 Å². The number of nitrogens with zero attached hydrogens (tertiary/aromatic N) is 2. The Labute approximate surface area is 253 Å². The summed E-state index contributed by atoms with van der Waals surface area (Å²) >= 11 is 12.4. The van der Waals surface area contributed by atoms with Crippen LogP contribution in [0.1, 0.15) is 34.2 Å². The molecule has 42 heavy (non-hydrogen) atoms. The van der Waals surface area contributed by atoms with Crippen molar-refractivity contribution in [3.05, 3.63) is 130 Å². The Bertz CT molecular complexity index is 1760. The fraction of sp³-hybridized carbons (Fsp3) is 0.118. The van der Waals surface area contributed by atoms with Gasteiger partial charge in [-0.1, -0.05) is 59.6 Å². The number of carbonyl (C=O) groups excluding carboxylic acids is 1. The van der Waals surface area contributed by atoms with E-state index in [2.05, 4.69) is 0 Å². The van der Waals surface area contributed by atoms with Crippen LogP contribution in [0.25, 0.3) is 34.5 Å². The molecule has 0 radical (unpaired) electrons. The number of methoxy groups -OCH3 is 1. The van der Waals surface area contributed by atoms with E-state index < -0.39 is 0 Å². The van der Waals surface area contributed by atoms with E-state index in [1.54, 1.807) is 42.5 Å². The van der Waals surface area contributed by atoms with Crippen LogP contribution in [0.2, 0.25) is 10.0 Å². The van der Waals surface area contributed by atoms with Gasteiger partial charge in [-0.15, -0.1) is 0 Å². The second kappa shape index (κ2) is 13.1. The van der Waals surface area contributed by atoms with Crippen LogP contribution in [0.5, 0.6) is 5.75 Å². The fourth-order valence-electron chi connectivity index (χ4n) is 4.44. The zero-order chi connectivity index (χ0) is 29.6. The number of rotatable bonds is 9. The van der Waals surface area contributed by atoms with Gasteiger partial charge in [0.25, 0.3) is 0 Å². The molecule has 0 unspecified atom stereocenters. The first-order valence-corrected chi connectivity index (χ1v) is 14.0. The van der Waals surface area contributed by atoms with Gasteiger partial charge in [-0.3, -0.25) is 0 Å². The molecule has 0 saturated carbocycles. The Hall–Kier alpha value is -4.39. The first kappa shape index (κ1) is 29.1. The third-order valence-corrected chi connectivity index (χ3v) is 7.26. The molecule has 0 fully saturated rings. The van der Waals surface area contributed by atoms with Crippen molar-refractivity contribution in [1.82, 2.24) is 9.55 Å². The zero-order valence-electron chi connectivity index (χ0n) is 23.0. The van der Waals surface area contributed by atoms with Crippen LogP contribution in [0, 0.1) is 5.82 Å². The molecule has 0 N–H and O–H groups in total. The second-order valence-electron chi connectivity index (χ2n) is 9.47. The topological polar surface area (TPSA) is 53.4 Å². The minimum Gasteiger partial charge on any atom is -0.489 e. The van der Waals surface area contributed by atoms with E-state index in [9.17, 15) is 4.79 Å². The molecule has 1 heterocycles. The summed E-state index contributed by atoms with van der Waals surface area (Å²) in [5, 5.41) is 1.07. The van der Waals surface area contributed by atoms with Crippen molar-refractivity contribution in [1.29, 1.82) is 0 Å². The van der Waals surface area contributed by atoms with Crippen LogP contribution in [0.15, 0.2) is 91.1 Å². The number of esters is 1. The molecule has 0 amide bonds. The molecular formula is C34H27Cl2FN2O3. The highest BCUT2D eigenvalue weighted by Crippen LogP contribution is 2.31. The van der Waals surface area contributed by atoms with E-state index in [4.69, 9.17) is 37.7 Å². The molecule has 0 spiro atoms. The molecule has 4 aromatic carbocycles. The molecule has 212 valence electrons. The molecule has 5 rings (SSSR count). The zero-order valence-corrected chi connectivity index (χ0v) is 24.5. The van der Waals surface area contributed by atoms with Crippen molar-refractivity contribution in [2.75, 3.05) is 7.11 Å². The van der Waals surface area contributed by atoms with Crippen LogP contribution in [-0.4, -0.2) is 22.6 Å². The van der Waals surface area contributed by atoms with Crippen molar-refractivity contribution < 1.29 is 18.7 Å². The number of ether oxygens (including phenoxy) is 2. The van der Waals surface area contributed by atoms with Gasteiger partial charge in [0, 0.05) is 28.9 Å². The number of halogens is 3. The molecule has 1 aromatic heterocycles. The monoisotopic (exact) mass is 600 g/mol. The quantitative estimate of drug-likeness (QED) is 0.158. The third kappa shape index (κ3) is 6.73. The van der Waals surface area contributed by atoms with Crippen LogP contribution < -0.4 is 4.74 Å². The van der Waals surface area contributed by atoms with Crippen LogP contribution in [0.3, 0.4) is 0 Å². The summed E-state index contributed by atoms with van der Waals surface area (Å²) in [5.74, 6) is 0.602. The third-order valence-electron chi connectivity index (χ3n) is 6.72. The Morgan fingerprint density at radius 2 is 1.74 bits per heavy atom. The Kier molecular flexibility index (Phi) is 9.06. The maximum absolute atomic E-state index is 15.2. The number of aryl methyl sites for hydroxylation is 1. The van der Waals surface area contributed by atoms with Gasteiger partial charge in [-0.2, -0.15) is 0 Å². The summed E-state index contributed by atoms with van der Waals surface area (Å²) in [7, 11) is 1.35. The molecule has 0 bridgehead atoms. The van der Waals surface area contributed by atoms with Gasteiger partial charge in [0.05, 0.1) is 23.4 Å².